The maximum atomic E-state index is 14.2. The quantitative estimate of drug-likeness (QED) is 0.273. The number of carbonyl (C=O) groups excluding carboxylic acids is 2. The topological polar surface area (TPSA) is 154 Å². The number of nitrogens with zero attached hydrogens (tertiary/aromatic N) is 4. The van der Waals surface area contributed by atoms with Crippen molar-refractivity contribution in [3.05, 3.63) is 77.6 Å². The number of thiophene rings is 1. The molecule has 0 saturated carbocycles. The molecular weight excluding hydrogens is 619 g/mol. The largest absolute Gasteiger partial charge is 0.444 e. The van der Waals surface area contributed by atoms with Crippen LogP contribution in [0.25, 0.3) is 21.8 Å². The molecule has 12 nitrogen and oxygen atoms in total. The molecule has 0 spiro atoms. The van der Waals surface area contributed by atoms with E-state index in [1.54, 1.807) is 19.2 Å². The van der Waals surface area contributed by atoms with Crippen molar-refractivity contribution in [2.24, 2.45) is 0 Å². The van der Waals surface area contributed by atoms with Crippen molar-refractivity contribution in [1.29, 1.82) is 0 Å². The van der Waals surface area contributed by atoms with Crippen molar-refractivity contribution < 1.29 is 32.0 Å². The Morgan fingerprint density at radius 3 is 2.64 bits per heavy atom. The number of hydrogen-bond acceptors (Lipinski definition) is 11. The van der Waals surface area contributed by atoms with Crippen LogP contribution in [-0.4, -0.2) is 71.8 Å². The lowest BCUT2D eigenvalue weighted by Crippen LogP contribution is -2.43. The highest BCUT2D eigenvalue weighted by molar-refractivity contribution is 7.92. The van der Waals surface area contributed by atoms with Crippen LogP contribution in [0.2, 0.25) is 0 Å². The lowest BCUT2D eigenvalue weighted by molar-refractivity contribution is -0.200. The first kappa shape index (κ1) is 31.0. The zero-order valence-corrected chi connectivity index (χ0v) is 26.3. The average molecular weight is 652 g/mol. The first-order valence-electron chi connectivity index (χ1n) is 14.7. The van der Waals surface area contributed by atoms with Gasteiger partial charge in [-0.25, -0.2) is 33.7 Å². The summed E-state index contributed by atoms with van der Waals surface area (Å²) in [6, 6.07) is 11.3. The van der Waals surface area contributed by atoms with Gasteiger partial charge in [0.1, 0.15) is 11.1 Å². The fourth-order valence-corrected chi connectivity index (χ4v) is 9.28. The van der Waals surface area contributed by atoms with Crippen LogP contribution in [0, 0.1) is 6.92 Å². The molecule has 0 radical (unpaired) electrons. The molecule has 2 fully saturated rings. The summed E-state index contributed by atoms with van der Waals surface area (Å²) in [5, 5.41) is 0. The summed E-state index contributed by atoms with van der Waals surface area (Å²) in [5.74, 6) is -0.601. The van der Waals surface area contributed by atoms with Crippen LogP contribution in [-0.2, 0) is 29.0 Å². The molecule has 4 aromatic rings. The maximum Gasteiger partial charge on any atom is 0.257 e. The number of hydrogen-bond donors (Lipinski definition) is 1. The van der Waals surface area contributed by atoms with E-state index >= 15 is 0 Å². The van der Waals surface area contributed by atoms with Crippen LogP contribution >= 0.6 is 11.3 Å². The SMILES string of the molecule is Cc1ncncc1C(=O)N1CCC(CC(=O)NOC2CCCCO2)(c2ccc(-c3ccc(-c4cnco4)cc3)s2)S(=O)(=O)CC1. The molecule has 5 heterocycles. The van der Waals surface area contributed by atoms with E-state index in [1.807, 2.05) is 30.3 Å². The molecular formula is C31H33N5O7S2. The van der Waals surface area contributed by atoms with Gasteiger partial charge in [0, 0.05) is 47.6 Å². The number of sulfone groups is 1. The Hall–Kier alpha value is -3.98. The molecule has 45 heavy (non-hydrogen) atoms. The lowest BCUT2D eigenvalue weighted by atomic mass is 9.97. The second kappa shape index (κ2) is 13.2. The van der Waals surface area contributed by atoms with E-state index in [1.165, 1.54) is 35.2 Å². The van der Waals surface area contributed by atoms with E-state index in [9.17, 15) is 18.0 Å². The van der Waals surface area contributed by atoms with Gasteiger partial charge < -0.3 is 14.1 Å². The predicted octanol–water partition coefficient (Wildman–Crippen LogP) is 4.29. The highest BCUT2D eigenvalue weighted by atomic mass is 32.2. The number of aromatic nitrogens is 3. The second-order valence-corrected chi connectivity index (χ2v) is 14.6. The summed E-state index contributed by atoms with van der Waals surface area (Å²) in [6.45, 7) is 2.34. The molecule has 2 unspecified atom stereocenters. The van der Waals surface area contributed by atoms with E-state index in [0.717, 1.165) is 28.8 Å². The van der Waals surface area contributed by atoms with Gasteiger partial charge in [0.05, 0.1) is 29.6 Å². The molecule has 2 aliphatic rings. The molecule has 2 amide bonds. The molecule has 0 bridgehead atoms. The average Bonchev–Trinajstić information content (AvgIpc) is 3.75. The Kier molecular flexibility index (Phi) is 9.08. The smallest absolute Gasteiger partial charge is 0.257 e. The Morgan fingerprint density at radius 2 is 1.91 bits per heavy atom. The summed E-state index contributed by atoms with van der Waals surface area (Å²) in [6.07, 6.45) is 7.33. The molecule has 1 N–H and O–H groups in total. The van der Waals surface area contributed by atoms with Crippen molar-refractivity contribution >= 4 is 33.0 Å². The second-order valence-electron chi connectivity index (χ2n) is 11.1. The summed E-state index contributed by atoms with van der Waals surface area (Å²) >= 11 is 1.32. The first-order chi connectivity index (χ1) is 21.8. The van der Waals surface area contributed by atoms with Crippen LogP contribution < -0.4 is 5.48 Å². The number of aryl methyl sites for hydroxylation is 1. The summed E-state index contributed by atoms with van der Waals surface area (Å²) in [5.41, 5.74) is 5.01. The molecule has 0 aliphatic carbocycles. The number of oxazole rings is 1. The Bertz CT molecular complexity index is 1750. The minimum Gasteiger partial charge on any atom is -0.444 e. The van der Waals surface area contributed by atoms with Crippen LogP contribution in [0.5, 0.6) is 0 Å². The summed E-state index contributed by atoms with van der Waals surface area (Å²) in [7, 11) is -3.96. The molecule has 2 atom stereocenters. The highest BCUT2D eigenvalue weighted by Gasteiger charge is 2.50. The van der Waals surface area contributed by atoms with E-state index in [2.05, 4.69) is 20.4 Å². The molecule has 236 valence electrons. The molecule has 2 saturated heterocycles. The fraction of sp³-hybridized carbons (Fsp3) is 0.387. The molecule has 1 aromatic carbocycles. The predicted molar refractivity (Wildman–Crippen MR) is 165 cm³/mol. The van der Waals surface area contributed by atoms with E-state index in [4.69, 9.17) is 14.0 Å². The van der Waals surface area contributed by atoms with E-state index in [0.29, 0.717) is 34.9 Å². The van der Waals surface area contributed by atoms with Gasteiger partial charge in [-0.3, -0.25) is 9.59 Å². The third-order valence-electron chi connectivity index (χ3n) is 8.27. The lowest BCUT2D eigenvalue weighted by Gasteiger charge is -2.31. The van der Waals surface area contributed by atoms with Crippen molar-refractivity contribution in [3.8, 4) is 21.8 Å². The van der Waals surface area contributed by atoms with Crippen LogP contribution in [0.4, 0.5) is 0 Å². The normalized spacial score (nSPS) is 21.6. The van der Waals surface area contributed by atoms with Gasteiger partial charge >= 0.3 is 0 Å². The number of nitrogens with one attached hydrogen (secondary N) is 1. The van der Waals surface area contributed by atoms with Gasteiger partial charge in [0.15, 0.2) is 28.3 Å². The maximum absolute atomic E-state index is 14.2. The number of ether oxygens (including phenoxy) is 1. The third kappa shape index (κ3) is 6.54. The molecule has 6 rings (SSSR count). The number of amides is 2. The molecule has 3 aromatic heterocycles. The third-order valence-corrected chi connectivity index (χ3v) is 12.2. The number of carbonyl (C=O) groups is 2. The van der Waals surface area contributed by atoms with Gasteiger partial charge in [-0.1, -0.05) is 24.3 Å². The van der Waals surface area contributed by atoms with Gasteiger partial charge in [-0.05, 0) is 43.9 Å². The summed E-state index contributed by atoms with van der Waals surface area (Å²) in [4.78, 5) is 47.3. The van der Waals surface area contributed by atoms with Gasteiger partial charge in [-0.15, -0.1) is 11.3 Å². The Labute approximate surface area is 264 Å². The minimum absolute atomic E-state index is 0.0194. The Morgan fingerprint density at radius 1 is 1.09 bits per heavy atom. The van der Waals surface area contributed by atoms with Crippen LogP contribution in [0.3, 0.4) is 0 Å². The fourth-order valence-electron chi connectivity index (χ4n) is 5.67. The minimum atomic E-state index is -3.96. The highest BCUT2D eigenvalue weighted by Crippen LogP contribution is 2.45. The van der Waals surface area contributed by atoms with Gasteiger partial charge in [-0.2, -0.15) is 0 Å². The monoisotopic (exact) mass is 651 g/mol. The number of hydroxylamine groups is 1. The van der Waals surface area contributed by atoms with Crippen molar-refractivity contribution in [2.75, 3.05) is 25.4 Å². The molecule has 14 heteroatoms. The van der Waals surface area contributed by atoms with E-state index in [-0.39, 0.29) is 37.6 Å². The zero-order chi connectivity index (χ0) is 31.4. The number of benzene rings is 1. The zero-order valence-electron chi connectivity index (χ0n) is 24.7. The van der Waals surface area contributed by atoms with Crippen molar-refractivity contribution in [2.45, 2.75) is 50.1 Å². The van der Waals surface area contributed by atoms with E-state index < -0.39 is 26.8 Å². The Balaban J connectivity index is 1.30. The summed E-state index contributed by atoms with van der Waals surface area (Å²) < 4.78 is 37.8. The van der Waals surface area contributed by atoms with Crippen molar-refractivity contribution in [1.82, 2.24) is 25.3 Å². The van der Waals surface area contributed by atoms with Crippen molar-refractivity contribution in [3.63, 3.8) is 0 Å². The standard InChI is InChI=1S/C31H33N5O7S2/c1-21-24(17-32-19-34-21)30(38)36-12-11-31(45(39,40)15-13-36,16-28(37)35-43-29-4-2-3-14-41-29)27-10-9-26(44-27)23-7-5-22(6-8-23)25-18-33-20-42-25/h5-10,17-20,29H,2-4,11-16H2,1H3,(H,35,37). The first-order valence-corrected chi connectivity index (χ1v) is 17.2. The van der Waals surface area contributed by atoms with Gasteiger partial charge in [0.2, 0.25) is 5.91 Å². The van der Waals surface area contributed by atoms with Crippen LogP contribution in [0.15, 0.2) is 65.9 Å². The van der Waals surface area contributed by atoms with Crippen LogP contribution in [0.1, 0.15) is 53.0 Å². The van der Waals surface area contributed by atoms with Gasteiger partial charge in [0.25, 0.3) is 5.91 Å². The number of rotatable bonds is 8. The molecule has 2 aliphatic heterocycles.